The van der Waals surface area contributed by atoms with E-state index in [1.165, 1.54) is 19.2 Å². The lowest BCUT2D eigenvalue weighted by Crippen LogP contribution is -2.18. The molecule has 1 rings (SSSR count). The molecule has 0 unspecified atom stereocenters. The van der Waals surface area contributed by atoms with Crippen molar-refractivity contribution in [1.29, 1.82) is 0 Å². The van der Waals surface area contributed by atoms with Crippen LogP contribution in [0.15, 0.2) is 18.2 Å². The summed E-state index contributed by atoms with van der Waals surface area (Å²) < 4.78 is 18.4. The number of hydrogen-bond acceptors (Lipinski definition) is 3. The van der Waals surface area contributed by atoms with E-state index >= 15 is 0 Å². The third kappa shape index (κ3) is 3.73. The van der Waals surface area contributed by atoms with E-state index in [-0.39, 0.29) is 24.7 Å². The van der Waals surface area contributed by atoms with Gasteiger partial charge >= 0.3 is 5.97 Å². The fourth-order valence-corrected chi connectivity index (χ4v) is 1.37. The topological polar surface area (TPSA) is 75.6 Å². The number of hydrogen-bond donors (Lipinski definition) is 2. The summed E-state index contributed by atoms with van der Waals surface area (Å²) in [5.74, 6) is -2.38. The smallest absolute Gasteiger partial charge is 0.342 e. The number of carbonyl (C=O) groups is 2. The molecule has 0 radical (unpaired) electrons. The fraction of sp³-hybridized carbons (Fsp3) is 0.333. The summed E-state index contributed by atoms with van der Waals surface area (Å²) in [6, 6.07) is 3.81. The van der Waals surface area contributed by atoms with Gasteiger partial charge in [0.05, 0.1) is 6.61 Å². The second-order valence-electron chi connectivity index (χ2n) is 3.54. The van der Waals surface area contributed by atoms with Crippen molar-refractivity contribution in [2.24, 2.45) is 0 Å². The molecule has 0 atom stereocenters. The van der Waals surface area contributed by atoms with Gasteiger partial charge in [0.25, 0.3) is 0 Å². The number of carbonyl (C=O) groups excluding carboxylic acids is 1. The van der Waals surface area contributed by atoms with E-state index in [0.717, 1.165) is 6.07 Å². The Hall–Kier alpha value is -2.11. The number of halogens is 1. The average Bonchev–Trinajstić information content (AvgIpc) is 2.33. The molecule has 0 fully saturated rings. The van der Waals surface area contributed by atoms with E-state index in [9.17, 15) is 14.0 Å². The van der Waals surface area contributed by atoms with Crippen LogP contribution in [0.1, 0.15) is 23.2 Å². The van der Waals surface area contributed by atoms with Gasteiger partial charge in [0.1, 0.15) is 17.1 Å². The lowest BCUT2D eigenvalue weighted by Gasteiger charge is -2.09. The van der Waals surface area contributed by atoms with Gasteiger partial charge < -0.3 is 15.2 Å². The molecule has 0 aliphatic heterocycles. The minimum atomic E-state index is -1.38. The van der Waals surface area contributed by atoms with E-state index in [0.29, 0.717) is 6.42 Å². The maximum absolute atomic E-state index is 13.3. The number of aromatic carboxylic acids is 1. The van der Waals surface area contributed by atoms with Crippen LogP contribution in [0.3, 0.4) is 0 Å². The highest BCUT2D eigenvalue weighted by atomic mass is 19.1. The summed E-state index contributed by atoms with van der Waals surface area (Å²) in [5, 5.41) is 11.3. The monoisotopic (exact) mass is 255 g/mol. The molecule has 98 valence electrons. The number of carboxylic acid groups (broad SMARTS) is 1. The summed E-state index contributed by atoms with van der Waals surface area (Å²) in [6.45, 7) is 0.150. The van der Waals surface area contributed by atoms with Crippen LogP contribution in [-0.4, -0.2) is 30.6 Å². The van der Waals surface area contributed by atoms with E-state index in [2.05, 4.69) is 5.32 Å². The van der Waals surface area contributed by atoms with Crippen LogP contribution in [0.25, 0.3) is 0 Å². The number of benzene rings is 1. The van der Waals surface area contributed by atoms with Gasteiger partial charge in [-0.2, -0.15) is 0 Å². The van der Waals surface area contributed by atoms with Crippen molar-refractivity contribution in [3.63, 3.8) is 0 Å². The zero-order valence-corrected chi connectivity index (χ0v) is 9.90. The molecule has 0 heterocycles. The summed E-state index contributed by atoms with van der Waals surface area (Å²) >= 11 is 0. The first kappa shape index (κ1) is 14.0. The molecule has 0 saturated carbocycles. The van der Waals surface area contributed by atoms with Gasteiger partial charge in [-0.25, -0.2) is 9.18 Å². The Bertz CT molecular complexity index is 448. The Morgan fingerprint density at radius 1 is 1.44 bits per heavy atom. The van der Waals surface area contributed by atoms with Crippen molar-refractivity contribution in [3.05, 3.63) is 29.6 Å². The van der Waals surface area contributed by atoms with Crippen LogP contribution in [0, 0.1) is 5.82 Å². The van der Waals surface area contributed by atoms with Crippen LogP contribution >= 0.6 is 0 Å². The molecule has 0 spiro atoms. The SMILES string of the molecule is CNC(=O)CCCOc1cccc(F)c1C(=O)O. The lowest BCUT2D eigenvalue weighted by molar-refractivity contribution is -0.120. The number of rotatable bonds is 6. The zero-order chi connectivity index (χ0) is 13.5. The van der Waals surface area contributed by atoms with Gasteiger partial charge in [-0.05, 0) is 18.6 Å². The second-order valence-corrected chi connectivity index (χ2v) is 3.54. The van der Waals surface area contributed by atoms with Crippen molar-refractivity contribution >= 4 is 11.9 Å². The second kappa shape index (κ2) is 6.58. The standard InChI is InChI=1S/C12H14FNO4/c1-14-10(15)6-3-7-18-9-5-2-4-8(13)11(9)12(16)17/h2,4-5H,3,6-7H2,1H3,(H,14,15)(H,16,17). The van der Waals surface area contributed by atoms with Crippen molar-refractivity contribution in [1.82, 2.24) is 5.32 Å². The van der Waals surface area contributed by atoms with Crippen molar-refractivity contribution in [2.75, 3.05) is 13.7 Å². The molecule has 5 nitrogen and oxygen atoms in total. The number of amides is 1. The van der Waals surface area contributed by atoms with Gasteiger partial charge in [0, 0.05) is 13.5 Å². The van der Waals surface area contributed by atoms with Gasteiger partial charge in [-0.1, -0.05) is 6.07 Å². The zero-order valence-electron chi connectivity index (χ0n) is 9.90. The molecule has 1 aromatic carbocycles. The number of ether oxygens (including phenoxy) is 1. The number of carboxylic acids is 1. The third-order valence-electron chi connectivity index (χ3n) is 2.27. The Balaban J connectivity index is 2.60. The van der Waals surface area contributed by atoms with E-state index < -0.39 is 17.3 Å². The minimum Gasteiger partial charge on any atom is -0.493 e. The van der Waals surface area contributed by atoms with Crippen molar-refractivity contribution in [2.45, 2.75) is 12.8 Å². The molecule has 6 heteroatoms. The van der Waals surface area contributed by atoms with Gasteiger partial charge in [0.15, 0.2) is 0 Å². The first-order valence-electron chi connectivity index (χ1n) is 5.41. The molecule has 0 bridgehead atoms. The highest BCUT2D eigenvalue weighted by molar-refractivity contribution is 5.91. The van der Waals surface area contributed by atoms with Crippen LogP contribution in [0.4, 0.5) is 4.39 Å². The molecule has 0 aromatic heterocycles. The van der Waals surface area contributed by atoms with Crippen molar-refractivity contribution in [3.8, 4) is 5.75 Å². The predicted molar refractivity (Wildman–Crippen MR) is 62.2 cm³/mol. The molecule has 0 aliphatic carbocycles. The largest absolute Gasteiger partial charge is 0.493 e. The van der Waals surface area contributed by atoms with E-state index in [4.69, 9.17) is 9.84 Å². The molecule has 0 saturated heterocycles. The third-order valence-corrected chi connectivity index (χ3v) is 2.27. The van der Waals surface area contributed by atoms with Crippen LogP contribution < -0.4 is 10.1 Å². The summed E-state index contributed by atoms with van der Waals surface area (Å²) in [5.41, 5.74) is -0.488. The molecule has 2 N–H and O–H groups in total. The first-order chi connectivity index (χ1) is 8.56. The van der Waals surface area contributed by atoms with Gasteiger partial charge in [-0.3, -0.25) is 4.79 Å². The molecular weight excluding hydrogens is 241 g/mol. The summed E-state index contributed by atoms with van der Waals surface area (Å²) in [6.07, 6.45) is 0.698. The number of nitrogens with one attached hydrogen (secondary N) is 1. The Morgan fingerprint density at radius 2 is 2.17 bits per heavy atom. The molecular formula is C12H14FNO4. The van der Waals surface area contributed by atoms with Crippen molar-refractivity contribution < 1.29 is 23.8 Å². The lowest BCUT2D eigenvalue weighted by atomic mass is 10.2. The quantitative estimate of drug-likeness (QED) is 0.754. The Morgan fingerprint density at radius 3 is 2.78 bits per heavy atom. The fourth-order valence-electron chi connectivity index (χ4n) is 1.37. The van der Waals surface area contributed by atoms with Gasteiger partial charge in [0.2, 0.25) is 5.91 Å². The highest BCUT2D eigenvalue weighted by Crippen LogP contribution is 2.21. The molecule has 1 amide bonds. The molecule has 0 aliphatic rings. The maximum Gasteiger partial charge on any atom is 0.342 e. The van der Waals surface area contributed by atoms with Crippen LogP contribution in [-0.2, 0) is 4.79 Å². The van der Waals surface area contributed by atoms with Crippen LogP contribution in [0.5, 0.6) is 5.75 Å². The minimum absolute atomic E-state index is 0.0283. The van der Waals surface area contributed by atoms with Crippen LogP contribution in [0.2, 0.25) is 0 Å². The Kier molecular flexibility index (Phi) is 5.10. The maximum atomic E-state index is 13.3. The molecule has 1 aromatic rings. The molecule has 18 heavy (non-hydrogen) atoms. The highest BCUT2D eigenvalue weighted by Gasteiger charge is 2.16. The summed E-state index contributed by atoms with van der Waals surface area (Å²) in [4.78, 5) is 21.8. The normalized spacial score (nSPS) is 9.89. The predicted octanol–water partition coefficient (Wildman–Crippen LogP) is 1.43. The summed E-state index contributed by atoms with van der Waals surface area (Å²) in [7, 11) is 1.53. The average molecular weight is 255 g/mol. The Labute approximate surface area is 104 Å². The van der Waals surface area contributed by atoms with E-state index in [1.54, 1.807) is 0 Å². The van der Waals surface area contributed by atoms with Gasteiger partial charge in [-0.15, -0.1) is 0 Å². The van der Waals surface area contributed by atoms with E-state index in [1.807, 2.05) is 0 Å². The first-order valence-corrected chi connectivity index (χ1v) is 5.41.